The molecule has 1 aliphatic heterocycles. The van der Waals surface area contributed by atoms with Crippen LogP contribution in [0.1, 0.15) is 32.3 Å². The molecule has 0 aliphatic carbocycles. The molecule has 0 radical (unpaired) electrons. The van der Waals surface area contributed by atoms with E-state index in [4.69, 9.17) is 5.73 Å². The minimum absolute atomic E-state index is 0.285. The van der Waals surface area contributed by atoms with Crippen LogP contribution in [0.3, 0.4) is 0 Å². The summed E-state index contributed by atoms with van der Waals surface area (Å²) < 4.78 is 14.3. The molecule has 1 saturated heterocycles. The molecule has 1 heterocycles. The minimum Gasteiger partial charge on any atom is -0.368 e. The summed E-state index contributed by atoms with van der Waals surface area (Å²) in [4.78, 5) is 13.2. The number of halogens is 1. The van der Waals surface area contributed by atoms with Crippen molar-refractivity contribution in [3.05, 3.63) is 29.6 Å². The Morgan fingerprint density at radius 3 is 2.90 bits per heavy atom. The van der Waals surface area contributed by atoms with Gasteiger partial charge in [-0.15, -0.1) is 0 Å². The fourth-order valence-electron chi connectivity index (χ4n) is 2.75. The predicted octanol–water partition coefficient (Wildman–Crippen LogP) is 2.03. The lowest BCUT2D eigenvalue weighted by atomic mass is 10.1. The summed E-state index contributed by atoms with van der Waals surface area (Å²) in [5.74, 6) is -0.100. The van der Waals surface area contributed by atoms with E-state index in [0.717, 1.165) is 18.5 Å². The van der Waals surface area contributed by atoms with E-state index in [-0.39, 0.29) is 17.8 Å². The summed E-state index contributed by atoms with van der Waals surface area (Å²) >= 11 is 0. The molecule has 21 heavy (non-hydrogen) atoms. The first-order valence-corrected chi connectivity index (χ1v) is 7.54. The Balaban J connectivity index is 2.07. The number of amides is 1. The molecule has 1 aromatic rings. The zero-order valence-corrected chi connectivity index (χ0v) is 12.7. The fraction of sp³-hybridized carbons (Fsp3) is 0.562. The first-order chi connectivity index (χ1) is 9.99. The highest BCUT2D eigenvalue weighted by Gasteiger charge is 2.30. The first kappa shape index (κ1) is 15.8. The maximum absolute atomic E-state index is 14.3. The highest BCUT2D eigenvalue weighted by molar-refractivity contribution is 5.84. The van der Waals surface area contributed by atoms with E-state index < -0.39 is 0 Å². The molecular formula is C16H24FN3O. The summed E-state index contributed by atoms with van der Waals surface area (Å²) in [7, 11) is 0. The van der Waals surface area contributed by atoms with Gasteiger partial charge in [-0.05, 0) is 43.0 Å². The third-order valence-corrected chi connectivity index (χ3v) is 3.78. The molecule has 1 amide bonds. The Morgan fingerprint density at radius 1 is 1.52 bits per heavy atom. The van der Waals surface area contributed by atoms with Crippen LogP contribution in [-0.2, 0) is 11.3 Å². The van der Waals surface area contributed by atoms with E-state index >= 15 is 0 Å². The summed E-state index contributed by atoms with van der Waals surface area (Å²) in [5, 5.41) is 3.29. The second kappa shape index (κ2) is 6.89. The lowest BCUT2D eigenvalue weighted by Gasteiger charge is -2.25. The van der Waals surface area contributed by atoms with Crippen LogP contribution >= 0.6 is 0 Å². The number of nitrogens with two attached hydrogens (primary N) is 1. The number of nitrogens with zero attached hydrogens (tertiary/aromatic N) is 1. The number of carbonyl (C=O) groups is 1. The number of hydrogen-bond acceptors (Lipinski definition) is 3. The summed E-state index contributed by atoms with van der Waals surface area (Å²) in [6.07, 6.45) is 1.57. The topological polar surface area (TPSA) is 58.4 Å². The molecular weight excluding hydrogens is 269 g/mol. The Bertz CT molecular complexity index is 504. The molecule has 0 aromatic heterocycles. The number of anilines is 1. The van der Waals surface area contributed by atoms with E-state index in [1.807, 2.05) is 6.07 Å². The number of rotatable bonds is 6. The maximum Gasteiger partial charge on any atom is 0.240 e. The van der Waals surface area contributed by atoms with Gasteiger partial charge < -0.3 is 16.0 Å². The zero-order valence-electron chi connectivity index (χ0n) is 12.7. The van der Waals surface area contributed by atoms with Crippen LogP contribution in [0, 0.1) is 11.7 Å². The lowest BCUT2D eigenvalue weighted by molar-refractivity contribution is -0.119. The van der Waals surface area contributed by atoms with Gasteiger partial charge in [0.25, 0.3) is 0 Å². The molecule has 1 aromatic carbocycles. The monoisotopic (exact) mass is 293 g/mol. The van der Waals surface area contributed by atoms with Crippen molar-refractivity contribution in [2.45, 2.75) is 39.3 Å². The van der Waals surface area contributed by atoms with Crippen molar-refractivity contribution in [1.29, 1.82) is 0 Å². The molecule has 2 rings (SSSR count). The molecule has 3 N–H and O–H groups in total. The van der Waals surface area contributed by atoms with E-state index in [0.29, 0.717) is 31.1 Å². The number of nitrogens with one attached hydrogen (secondary N) is 1. The number of primary amides is 1. The summed E-state index contributed by atoms with van der Waals surface area (Å²) in [5.41, 5.74) is 6.77. The Labute approximate surface area is 125 Å². The van der Waals surface area contributed by atoms with Crippen LogP contribution in [0.25, 0.3) is 0 Å². The Hall–Kier alpha value is -1.62. The van der Waals surface area contributed by atoms with Crippen molar-refractivity contribution in [1.82, 2.24) is 5.32 Å². The molecule has 0 spiro atoms. The normalized spacial score (nSPS) is 18.5. The van der Waals surface area contributed by atoms with Gasteiger partial charge in [0.1, 0.15) is 11.9 Å². The molecule has 1 unspecified atom stereocenters. The predicted molar refractivity (Wildman–Crippen MR) is 82.5 cm³/mol. The molecule has 1 atom stereocenters. The number of benzene rings is 1. The number of hydrogen-bond donors (Lipinski definition) is 2. The average Bonchev–Trinajstić information content (AvgIpc) is 2.87. The van der Waals surface area contributed by atoms with Crippen molar-refractivity contribution in [3.63, 3.8) is 0 Å². The SMILES string of the molecule is CC(C)CNCc1ccc(N2CCCC2C(N)=O)c(F)c1. The molecule has 4 nitrogen and oxygen atoms in total. The van der Waals surface area contributed by atoms with Gasteiger partial charge in [-0.2, -0.15) is 0 Å². The lowest BCUT2D eigenvalue weighted by Crippen LogP contribution is -2.40. The molecule has 0 bridgehead atoms. The van der Waals surface area contributed by atoms with Gasteiger partial charge in [0, 0.05) is 13.1 Å². The summed E-state index contributed by atoms with van der Waals surface area (Å²) in [6.45, 7) is 6.49. The largest absolute Gasteiger partial charge is 0.368 e. The van der Waals surface area contributed by atoms with Crippen molar-refractivity contribution < 1.29 is 9.18 Å². The van der Waals surface area contributed by atoms with Gasteiger partial charge >= 0.3 is 0 Å². The highest BCUT2D eigenvalue weighted by atomic mass is 19.1. The van der Waals surface area contributed by atoms with Crippen LogP contribution in [0.5, 0.6) is 0 Å². The van der Waals surface area contributed by atoms with Gasteiger partial charge in [0.05, 0.1) is 5.69 Å². The second-order valence-electron chi connectivity index (χ2n) is 6.06. The molecule has 1 fully saturated rings. The average molecular weight is 293 g/mol. The van der Waals surface area contributed by atoms with Crippen molar-refractivity contribution in [3.8, 4) is 0 Å². The third kappa shape index (κ3) is 3.94. The van der Waals surface area contributed by atoms with Gasteiger partial charge in [-0.25, -0.2) is 4.39 Å². The fourth-order valence-corrected chi connectivity index (χ4v) is 2.75. The summed E-state index contributed by atoms with van der Waals surface area (Å²) in [6, 6.07) is 4.81. The van der Waals surface area contributed by atoms with Crippen LogP contribution in [0.15, 0.2) is 18.2 Å². The van der Waals surface area contributed by atoms with Crippen molar-refractivity contribution >= 4 is 11.6 Å². The van der Waals surface area contributed by atoms with E-state index in [9.17, 15) is 9.18 Å². The molecule has 5 heteroatoms. The molecule has 0 saturated carbocycles. The van der Waals surface area contributed by atoms with Crippen molar-refractivity contribution in [2.24, 2.45) is 11.7 Å². The van der Waals surface area contributed by atoms with E-state index in [2.05, 4.69) is 19.2 Å². The standard InChI is InChI=1S/C16H24FN3O/c1-11(2)9-19-10-12-5-6-14(13(17)8-12)20-7-3-4-15(20)16(18)21/h5-6,8,11,15,19H,3-4,7,9-10H2,1-2H3,(H2,18,21). The smallest absolute Gasteiger partial charge is 0.240 e. The molecule has 1 aliphatic rings. The van der Waals surface area contributed by atoms with Crippen LogP contribution in [0.2, 0.25) is 0 Å². The van der Waals surface area contributed by atoms with Gasteiger partial charge in [0.2, 0.25) is 5.91 Å². The molecule has 116 valence electrons. The van der Waals surface area contributed by atoms with E-state index in [1.54, 1.807) is 17.0 Å². The van der Waals surface area contributed by atoms with Gasteiger partial charge in [-0.1, -0.05) is 19.9 Å². The maximum atomic E-state index is 14.3. The second-order valence-corrected chi connectivity index (χ2v) is 6.06. The van der Waals surface area contributed by atoms with Gasteiger partial charge in [-0.3, -0.25) is 4.79 Å². The van der Waals surface area contributed by atoms with Crippen molar-refractivity contribution in [2.75, 3.05) is 18.0 Å². The van der Waals surface area contributed by atoms with E-state index in [1.165, 1.54) is 0 Å². The van der Waals surface area contributed by atoms with Crippen LogP contribution in [-0.4, -0.2) is 25.0 Å². The number of carbonyl (C=O) groups excluding carboxylic acids is 1. The Kier molecular flexibility index (Phi) is 5.17. The zero-order chi connectivity index (χ0) is 15.4. The highest BCUT2D eigenvalue weighted by Crippen LogP contribution is 2.28. The third-order valence-electron chi connectivity index (χ3n) is 3.78. The minimum atomic E-state index is -0.385. The van der Waals surface area contributed by atoms with Crippen LogP contribution < -0.4 is 16.0 Å². The first-order valence-electron chi connectivity index (χ1n) is 7.54. The quantitative estimate of drug-likeness (QED) is 0.843. The van der Waals surface area contributed by atoms with Crippen LogP contribution in [0.4, 0.5) is 10.1 Å². The van der Waals surface area contributed by atoms with Gasteiger partial charge in [0.15, 0.2) is 0 Å². The Morgan fingerprint density at radius 2 is 2.29 bits per heavy atom.